The van der Waals surface area contributed by atoms with Gasteiger partial charge in [0.05, 0.1) is 21.4 Å². The molecule has 1 atom stereocenters. The second-order valence-corrected chi connectivity index (χ2v) is 9.57. The Kier molecular flexibility index (Phi) is 7.13. The second-order valence-electron chi connectivity index (χ2n) is 7.21. The highest BCUT2D eigenvalue weighted by atomic mass is 35.5. The van der Waals surface area contributed by atoms with Crippen LogP contribution in [0.15, 0.2) is 76.5 Å². The summed E-state index contributed by atoms with van der Waals surface area (Å²) in [5.41, 5.74) is -0.464. The molecule has 0 aliphatic heterocycles. The number of alkyl halides is 3. The van der Waals surface area contributed by atoms with Crippen LogP contribution in [0.3, 0.4) is 0 Å². The molecule has 0 aliphatic rings. The molecule has 5 nitrogen and oxygen atoms in total. The van der Waals surface area contributed by atoms with Gasteiger partial charge in [-0.3, -0.25) is 9.59 Å². The molecule has 3 aromatic carbocycles. The highest BCUT2D eigenvalue weighted by molar-refractivity contribution is 7.91. The minimum atomic E-state index is -5.06. The smallest absolute Gasteiger partial charge is 0.342 e. The summed E-state index contributed by atoms with van der Waals surface area (Å²) in [6.45, 7) is 1.30. The third-order valence-electron chi connectivity index (χ3n) is 4.89. The number of nitrogens with one attached hydrogen (secondary N) is 1. The minimum absolute atomic E-state index is 0.0585. The monoisotopic (exact) mass is 513 g/mol. The van der Waals surface area contributed by atoms with Crippen molar-refractivity contribution in [3.8, 4) is 0 Å². The lowest BCUT2D eigenvalue weighted by molar-refractivity contribution is -0.174. The van der Waals surface area contributed by atoms with Gasteiger partial charge in [-0.15, -0.1) is 0 Å². The van der Waals surface area contributed by atoms with Gasteiger partial charge >= 0.3 is 12.1 Å². The molecule has 0 bridgehead atoms. The Labute approximate surface area is 197 Å². The van der Waals surface area contributed by atoms with Crippen molar-refractivity contribution in [2.45, 2.75) is 28.9 Å². The fourth-order valence-corrected chi connectivity index (χ4v) is 4.74. The van der Waals surface area contributed by atoms with Gasteiger partial charge in [0.25, 0.3) is 0 Å². The number of sulfone groups is 1. The van der Waals surface area contributed by atoms with Crippen molar-refractivity contribution >= 4 is 33.1 Å². The van der Waals surface area contributed by atoms with Gasteiger partial charge in [-0.05, 0) is 55.0 Å². The summed E-state index contributed by atoms with van der Waals surface area (Å²) in [5, 5.41) is 1.83. The number of amides is 1. The van der Waals surface area contributed by atoms with Crippen LogP contribution in [-0.4, -0.2) is 26.3 Å². The summed E-state index contributed by atoms with van der Waals surface area (Å²) >= 11 is 5.96. The molecule has 0 spiro atoms. The van der Waals surface area contributed by atoms with Gasteiger partial charge in [-0.25, -0.2) is 12.8 Å². The molecule has 0 saturated heterocycles. The predicted molar refractivity (Wildman–Crippen MR) is 116 cm³/mol. The van der Waals surface area contributed by atoms with Gasteiger partial charge < -0.3 is 5.32 Å². The van der Waals surface area contributed by atoms with E-state index < -0.39 is 44.5 Å². The number of benzene rings is 3. The summed E-state index contributed by atoms with van der Waals surface area (Å²) in [5.74, 6) is -3.86. The third kappa shape index (κ3) is 5.28. The highest BCUT2D eigenvalue weighted by Crippen LogP contribution is 2.30. The third-order valence-corrected chi connectivity index (χ3v) is 6.95. The minimum Gasteiger partial charge on any atom is -0.342 e. The predicted octanol–water partition coefficient (Wildman–Crippen LogP) is 5.28. The molecule has 11 heteroatoms. The first-order valence-corrected chi connectivity index (χ1v) is 11.5. The molecule has 0 heterocycles. The average molecular weight is 514 g/mol. The van der Waals surface area contributed by atoms with Gasteiger partial charge in [-0.2, -0.15) is 13.2 Å². The second kappa shape index (κ2) is 9.55. The molecule has 178 valence electrons. The van der Waals surface area contributed by atoms with Gasteiger partial charge in [0, 0.05) is 10.6 Å². The maximum Gasteiger partial charge on any atom is 0.471 e. The SMILES string of the molecule is CC(NC(=O)C(F)(F)F)c1ccc(S(=O)(=O)c2ccc(Cl)cc2C(=O)c2ccccc2F)cc1. The van der Waals surface area contributed by atoms with E-state index in [1.165, 1.54) is 43.3 Å². The van der Waals surface area contributed by atoms with E-state index in [9.17, 15) is 35.6 Å². The number of hydrogen-bond acceptors (Lipinski definition) is 4. The first-order chi connectivity index (χ1) is 15.8. The summed E-state index contributed by atoms with van der Waals surface area (Å²) in [4.78, 5) is 23.4. The first-order valence-electron chi connectivity index (χ1n) is 9.64. The first kappa shape index (κ1) is 25.4. The Morgan fingerprint density at radius 2 is 1.56 bits per heavy atom. The van der Waals surface area contributed by atoms with E-state index >= 15 is 0 Å². The molecule has 3 rings (SSSR count). The van der Waals surface area contributed by atoms with Gasteiger partial charge in [-0.1, -0.05) is 35.9 Å². The van der Waals surface area contributed by atoms with Crippen molar-refractivity contribution in [1.29, 1.82) is 0 Å². The van der Waals surface area contributed by atoms with Crippen LogP contribution < -0.4 is 5.32 Å². The molecule has 0 aromatic heterocycles. The van der Waals surface area contributed by atoms with Crippen LogP contribution in [0.2, 0.25) is 5.02 Å². The molecule has 0 fully saturated rings. The maximum atomic E-state index is 14.2. The molecule has 34 heavy (non-hydrogen) atoms. The molecular weight excluding hydrogens is 498 g/mol. The molecule has 0 aliphatic carbocycles. The van der Waals surface area contributed by atoms with Crippen molar-refractivity contribution in [2.75, 3.05) is 0 Å². The van der Waals surface area contributed by atoms with Crippen LogP contribution in [0, 0.1) is 5.82 Å². The molecule has 1 N–H and O–H groups in total. The number of halogens is 5. The Balaban J connectivity index is 1.98. The van der Waals surface area contributed by atoms with E-state index in [2.05, 4.69) is 0 Å². The van der Waals surface area contributed by atoms with Crippen molar-refractivity contribution in [2.24, 2.45) is 0 Å². The molecule has 1 amide bonds. The van der Waals surface area contributed by atoms with Gasteiger partial charge in [0.1, 0.15) is 5.82 Å². The van der Waals surface area contributed by atoms with E-state index in [0.29, 0.717) is 0 Å². The Hall–Kier alpha value is -3.24. The topological polar surface area (TPSA) is 80.3 Å². The molecular formula is C23H16ClF4NO4S. The summed E-state index contributed by atoms with van der Waals surface area (Å²) in [7, 11) is -4.31. The van der Waals surface area contributed by atoms with Crippen molar-refractivity contribution < 1.29 is 35.6 Å². The van der Waals surface area contributed by atoms with E-state index in [1.54, 1.807) is 5.32 Å². The molecule has 0 radical (unpaired) electrons. The van der Waals surface area contributed by atoms with Crippen LogP contribution in [0.25, 0.3) is 0 Å². The van der Waals surface area contributed by atoms with Crippen LogP contribution >= 0.6 is 11.6 Å². The summed E-state index contributed by atoms with van der Waals surface area (Å²) in [6.07, 6.45) is -5.06. The number of hydrogen-bond donors (Lipinski definition) is 1. The fourth-order valence-electron chi connectivity index (χ4n) is 3.13. The van der Waals surface area contributed by atoms with E-state index in [1.807, 2.05) is 0 Å². The number of rotatable bonds is 6. The molecule has 0 saturated carbocycles. The van der Waals surface area contributed by atoms with E-state index in [4.69, 9.17) is 11.6 Å². The number of carbonyl (C=O) groups excluding carboxylic acids is 2. The molecule has 3 aromatic rings. The zero-order valence-corrected chi connectivity index (χ0v) is 18.9. The zero-order valence-electron chi connectivity index (χ0n) is 17.4. The lowest BCUT2D eigenvalue weighted by Crippen LogP contribution is -2.38. The largest absolute Gasteiger partial charge is 0.471 e. The van der Waals surface area contributed by atoms with Crippen LogP contribution in [0.5, 0.6) is 0 Å². The van der Waals surface area contributed by atoms with Gasteiger partial charge in [0.2, 0.25) is 9.84 Å². The van der Waals surface area contributed by atoms with Crippen molar-refractivity contribution in [3.63, 3.8) is 0 Å². The van der Waals surface area contributed by atoms with Crippen molar-refractivity contribution in [3.05, 3.63) is 94.3 Å². The van der Waals surface area contributed by atoms with E-state index in [0.717, 1.165) is 30.3 Å². The Morgan fingerprint density at radius 1 is 0.941 bits per heavy atom. The normalized spacial score (nSPS) is 12.8. The van der Waals surface area contributed by atoms with E-state index in [-0.39, 0.29) is 26.6 Å². The lowest BCUT2D eigenvalue weighted by Gasteiger charge is -2.16. The molecule has 1 unspecified atom stereocenters. The average Bonchev–Trinajstić information content (AvgIpc) is 2.78. The Morgan fingerprint density at radius 3 is 2.15 bits per heavy atom. The van der Waals surface area contributed by atoms with Crippen LogP contribution in [-0.2, 0) is 14.6 Å². The van der Waals surface area contributed by atoms with Crippen LogP contribution in [0.1, 0.15) is 34.5 Å². The highest BCUT2D eigenvalue weighted by Gasteiger charge is 2.39. The standard InChI is InChI=1S/C23H16ClF4NO4S/c1-13(29-22(31)23(26,27)28)14-6-9-16(10-7-14)34(32,33)20-11-8-15(24)12-18(20)21(30)17-4-2-3-5-19(17)25/h2-13H,1H3,(H,29,31). The lowest BCUT2D eigenvalue weighted by atomic mass is 10.0. The van der Waals surface area contributed by atoms with Gasteiger partial charge in [0.15, 0.2) is 5.78 Å². The zero-order chi connectivity index (χ0) is 25.3. The Bertz CT molecular complexity index is 1360. The maximum absolute atomic E-state index is 14.2. The van der Waals surface area contributed by atoms with Crippen molar-refractivity contribution in [1.82, 2.24) is 5.32 Å². The fraction of sp³-hybridized carbons (Fsp3) is 0.130. The summed E-state index contributed by atoms with van der Waals surface area (Å²) in [6, 6.07) is 12.2. The van der Waals surface area contributed by atoms with Crippen LogP contribution in [0.4, 0.5) is 17.6 Å². The number of ketones is 1. The number of carbonyl (C=O) groups is 2. The quantitative estimate of drug-likeness (QED) is 0.359. The summed E-state index contributed by atoms with van der Waals surface area (Å²) < 4.78 is 78.1.